The zero-order valence-electron chi connectivity index (χ0n) is 13.9. The molecule has 2 heterocycles. The van der Waals surface area contributed by atoms with Crippen molar-refractivity contribution < 1.29 is 18.8 Å². The van der Waals surface area contributed by atoms with E-state index >= 15 is 0 Å². The van der Waals surface area contributed by atoms with Crippen LogP contribution in [0.4, 0.5) is 4.79 Å². The first kappa shape index (κ1) is 17.1. The van der Waals surface area contributed by atoms with Crippen LogP contribution >= 0.6 is 0 Å². The minimum absolute atomic E-state index is 0.0291. The lowest BCUT2D eigenvalue weighted by atomic mass is 9.97. The Morgan fingerprint density at radius 1 is 1.36 bits per heavy atom. The highest BCUT2D eigenvalue weighted by Crippen LogP contribution is 2.19. The summed E-state index contributed by atoms with van der Waals surface area (Å²) in [4.78, 5) is 41.2. The minimum atomic E-state index is -1.08. The SMILES string of the molecule is O=C(NCCC1=CCCCC1)C1C=NC(=O)N(Cc2ccco2)C1=O. The van der Waals surface area contributed by atoms with Crippen LogP contribution in [0, 0.1) is 5.92 Å². The number of nitrogens with zero attached hydrogens (tertiary/aromatic N) is 2. The molecular weight excluding hydrogens is 322 g/mol. The van der Waals surface area contributed by atoms with E-state index in [-0.39, 0.29) is 6.54 Å². The fourth-order valence-corrected chi connectivity index (χ4v) is 3.01. The lowest BCUT2D eigenvalue weighted by molar-refractivity contribution is -0.137. The van der Waals surface area contributed by atoms with Gasteiger partial charge in [-0.2, -0.15) is 0 Å². The molecule has 0 saturated heterocycles. The van der Waals surface area contributed by atoms with Crippen LogP contribution in [0.25, 0.3) is 0 Å². The molecule has 1 N–H and O–H groups in total. The van der Waals surface area contributed by atoms with Crippen LogP contribution in [0.5, 0.6) is 0 Å². The third kappa shape index (κ3) is 4.23. The number of aliphatic imine (C=N–C) groups is 1. The fraction of sp³-hybridized carbons (Fsp3) is 0.444. The van der Waals surface area contributed by atoms with Crippen LogP contribution in [0.15, 0.2) is 39.5 Å². The second-order valence-corrected chi connectivity index (χ2v) is 6.19. The summed E-state index contributed by atoms with van der Waals surface area (Å²) in [5.41, 5.74) is 1.35. The zero-order valence-corrected chi connectivity index (χ0v) is 13.9. The first-order valence-corrected chi connectivity index (χ1v) is 8.52. The Morgan fingerprint density at radius 2 is 2.24 bits per heavy atom. The molecule has 1 aromatic rings. The summed E-state index contributed by atoms with van der Waals surface area (Å²) in [6, 6.07) is 2.64. The maximum absolute atomic E-state index is 12.5. The monoisotopic (exact) mass is 343 g/mol. The van der Waals surface area contributed by atoms with Crippen molar-refractivity contribution in [1.29, 1.82) is 0 Å². The van der Waals surface area contributed by atoms with Crippen molar-refractivity contribution in [3.63, 3.8) is 0 Å². The van der Waals surface area contributed by atoms with Crippen molar-refractivity contribution in [2.24, 2.45) is 10.9 Å². The van der Waals surface area contributed by atoms with Crippen molar-refractivity contribution in [2.75, 3.05) is 6.54 Å². The lowest BCUT2D eigenvalue weighted by Gasteiger charge is -2.24. The lowest BCUT2D eigenvalue weighted by Crippen LogP contribution is -2.48. The summed E-state index contributed by atoms with van der Waals surface area (Å²) in [5, 5.41) is 2.77. The number of urea groups is 1. The first-order valence-electron chi connectivity index (χ1n) is 8.52. The van der Waals surface area contributed by atoms with Gasteiger partial charge in [0.05, 0.1) is 12.8 Å². The van der Waals surface area contributed by atoms with Crippen LogP contribution in [-0.2, 0) is 16.1 Å². The number of rotatable bonds is 6. The number of nitrogens with one attached hydrogen (secondary N) is 1. The Hall–Kier alpha value is -2.70. The Morgan fingerprint density at radius 3 is 2.96 bits per heavy atom. The van der Waals surface area contributed by atoms with Crippen molar-refractivity contribution >= 4 is 24.1 Å². The molecule has 1 atom stereocenters. The van der Waals surface area contributed by atoms with Crippen LogP contribution in [0.3, 0.4) is 0 Å². The number of amides is 4. The molecule has 25 heavy (non-hydrogen) atoms. The average molecular weight is 343 g/mol. The van der Waals surface area contributed by atoms with E-state index in [0.717, 1.165) is 30.4 Å². The Bertz CT molecular complexity index is 706. The van der Waals surface area contributed by atoms with E-state index in [1.54, 1.807) is 12.1 Å². The van der Waals surface area contributed by atoms with Crippen molar-refractivity contribution in [3.8, 4) is 0 Å². The van der Waals surface area contributed by atoms with Crippen LogP contribution in [0.2, 0.25) is 0 Å². The highest BCUT2D eigenvalue weighted by Gasteiger charge is 2.36. The highest BCUT2D eigenvalue weighted by atomic mass is 16.3. The summed E-state index contributed by atoms with van der Waals surface area (Å²) in [6.07, 6.45) is 10.2. The third-order valence-electron chi connectivity index (χ3n) is 4.40. The van der Waals surface area contributed by atoms with Crippen molar-refractivity contribution in [3.05, 3.63) is 35.8 Å². The summed E-state index contributed by atoms with van der Waals surface area (Å²) in [6.45, 7) is 0.451. The molecule has 1 aliphatic heterocycles. The molecule has 0 aromatic carbocycles. The maximum atomic E-state index is 12.5. The Balaban J connectivity index is 1.56. The number of hydrogen-bond acceptors (Lipinski definition) is 4. The number of carbonyl (C=O) groups excluding carboxylic acids is 3. The third-order valence-corrected chi connectivity index (χ3v) is 4.40. The molecule has 1 aliphatic carbocycles. The minimum Gasteiger partial charge on any atom is -0.467 e. The summed E-state index contributed by atoms with van der Waals surface area (Å²) < 4.78 is 5.16. The standard InChI is InChI=1S/C18H21N3O4/c22-16(19-9-8-13-5-2-1-3-6-13)15-11-20-18(24)21(17(15)23)12-14-7-4-10-25-14/h4-5,7,10-11,15H,1-3,6,8-9,12H2,(H,19,22). The van der Waals surface area contributed by atoms with Crippen molar-refractivity contribution in [2.45, 2.75) is 38.6 Å². The second kappa shape index (κ2) is 7.92. The van der Waals surface area contributed by atoms with Crippen LogP contribution < -0.4 is 5.32 Å². The molecule has 0 spiro atoms. The van der Waals surface area contributed by atoms with Gasteiger partial charge in [-0.15, -0.1) is 0 Å². The first-order chi connectivity index (χ1) is 12.1. The summed E-state index contributed by atoms with van der Waals surface area (Å²) in [7, 11) is 0. The molecular formula is C18H21N3O4. The van der Waals surface area contributed by atoms with Gasteiger partial charge in [0.2, 0.25) is 11.8 Å². The number of imide groups is 1. The van der Waals surface area contributed by atoms with E-state index in [1.165, 1.54) is 24.7 Å². The Kier molecular flexibility index (Phi) is 5.42. The zero-order chi connectivity index (χ0) is 17.6. The molecule has 132 valence electrons. The summed E-state index contributed by atoms with van der Waals surface area (Å²) in [5.74, 6) is -1.62. The normalized spacial score (nSPS) is 20.6. The predicted molar refractivity (Wildman–Crippen MR) is 90.8 cm³/mol. The van der Waals surface area contributed by atoms with E-state index in [0.29, 0.717) is 12.3 Å². The molecule has 2 aliphatic rings. The highest BCUT2D eigenvalue weighted by molar-refractivity contribution is 6.20. The predicted octanol–water partition coefficient (Wildman–Crippen LogP) is 2.44. The van der Waals surface area contributed by atoms with E-state index in [4.69, 9.17) is 4.42 Å². The van der Waals surface area contributed by atoms with Gasteiger partial charge in [0.25, 0.3) is 0 Å². The van der Waals surface area contributed by atoms with Gasteiger partial charge in [0.15, 0.2) is 5.92 Å². The molecule has 1 unspecified atom stereocenters. The van der Waals surface area contributed by atoms with Gasteiger partial charge in [-0.05, 0) is 44.2 Å². The molecule has 0 bridgehead atoms. The quantitative estimate of drug-likeness (QED) is 0.634. The number of allylic oxidation sites excluding steroid dienone is 1. The number of carbonyl (C=O) groups is 3. The van der Waals surface area contributed by atoms with E-state index in [9.17, 15) is 14.4 Å². The van der Waals surface area contributed by atoms with E-state index in [1.807, 2.05) is 0 Å². The molecule has 7 nitrogen and oxygen atoms in total. The van der Waals surface area contributed by atoms with E-state index in [2.05, 4.69) is 16.4 Å². The van der Waals surface area contributed by atoms with Gasteiger partial charge in [0, 0.05) is 12.8 Å². The largest absolute Gasteiger partial charge is 0.467 e. The van der Waals surface area contributed by atoms with Gasteiger partial charge < -0.3 is 9.73 Å². The summed E-state index contributed by atoms with van der Waals surface area (Å²) >= 11 is 0. The maximum Gasteiger partial charge on any atom is 0.350 e. The topological polar surface area (TPSA) is 92.0 Å². The Labute approximate surface area is 145 Å². The van der Waals surface area contributed by atoms with Gasteiger partial charge in [-0.1, -0.05) is 11.6 Å². The van der Waals surface area contributed by atoms with Gasteiger partial charge in [-0.25, -0.2) is 9.79 Å². The second-order valence-electron chi connectivity index (χ2n) is 6.19. The molecule has 3 rings (SSSR count). The molecule has 7 heteroatoms. The molecule has 0 saturated carbocycles. The smallest absolute Gasteiger partial charge is 0.350 e. The van der Waals surface area contributed by atoms with E-state index < -0.39 is 23.8 Å². The van der Waals surface area contributed by atoms with Crippen LogP contribution in [0.1, 0.15) is 37.9 Å². The van der Waals surface area contributed by atoms with Gasteiger partial charge >= 0.3 is 6.03 Å². The molecule has 0 radical (unpaired) electrons. The number of hydrogen-bond donors (Lipinski definition) is 1. The van der Waals surface area contributed by atoms with Gasteiger partial charge in [0.1, 0.15) is 5.76 Å². The average Bonchev–Trinajstić information content (AvgIpc) is 3.12. The molecule has 0 fully saturated rings. The number of furan rings is 1. The van der Waals surface area contributed by atoms with Crippen molar-refractivity contribution in [1.82, 2.24) is 10.2 Å². The molecule has 1 aromatic heterocycles. The van der Waals surface area contributed by atoms with Gasteiger partial charge in [-0.3, -0.25) is 14.5 Å². The fourth-order valence-electron chi connectivity index (χ4n) is 3.01. The molecule has 4 amide bonds. The van der Waals surface area contributed by atoms with Crippen LogP contribution in [-0.4, -0.2) is 35.5 Å².